The zero-order chi connectivity index (χ0) is 12.3. The van der Waals surface area contributed by atoms with Gasteiger partial charge in [-0.15, -0.1) is 0 Å². The third-order valence-electron chi connectivity index (χ3n) is 2.04. The molecule has 0 aliphatic heterocycles. The quantitative estimate of drug-likeness (QED) is 0.672. The monoisotopic (exact) mass is 237 g/mol. The normalized spacial score (nSPS) is 12.9. The minimum Gasteiger partial charge on any atom is -0.469 e. The van der Waals surface area contributed by atoms with Crippen LogP contribution in [0.25, 0.3) is 0 Å². The summed E-state index contributed by atoms with van der Waals surface area (Å²) >= 11 is 0. The van der Waals surface area contributed by atoms with Crippen LogP contribution in [0.3, 0.4) is 0 Å². The summed E-state index contributed by atoms with van der Waals surface area (Å²) < 4.78 is 28.4. The van der Waals surface area contributed by atoms with Crippen LogP contribution in [0.1, 0.15) is 27.2 Å². The van der Waals surface area contributed by atoms with E-state index in [1.54, 1.807) is 20.8 Å². The van der Waals surface area contributed by atoms with Gasteiger partial charge in [-0.3, -0.25) is 4.79 Å². The van der Waals surface area contributed by atoms with E-state index in [1.165, 1.54) is 18.5 Å². The van der Waals surface area contributed by atoms with Gasteiger partial charge in [-0.1, -0.05) is 0 Å². The molecule has 5 nitrogen and oxygen atoms in total. The largest absolute Gasteiger partial charge is 0.469 e. The summed E-state index contributed by atoms with van der Waals surface area (Å²) in [4.78, 5) is 10.8. The summed E-state index contributed by atoms with van der Waals surface area (Å²) in [5, 5.41) is 0. The highest BCUT2D eigenvalue weighted by Crippen LogP contribution is 2.18. The molecule has 0 N–H and O–H groups in total. The lowest BCUT2D eigenvalue weighted by molar-refractivity contribution is -0.140. The maximum atomic E-state index is 11.8. The van der Waals surface area contributed by atoms with Crippen LogP contribution < -0.4 is 0 Å². The zero-order valence-corrected chi connectivity index (χ0v) is 10.7. The van der Waals surface area contributed by atoms with E-state index < -0.39 is 20.7 Å². The van der Waals surface area contributed by atoms with Gasteiger partial charge in [0.05, 0.1) is 18.3 Å². The molecule has 0 heterocycles. The molecule has 0 amide bonds. The van der Waals surface area contributed by atoms with Gasteiger partial charge in [0.1, 0.15) is 0 Å². The topological polar surface area (TPSA) is 63.7 Å². The molecular weight excluding hydrogens is 218 g/mol. The number of hydrogen-bond acceptors (Lipinski definition) is 4. The number of esters is 1. The van der Waals surface area contributed by atoms with E-state index in [0.717, 1.165) is 0 Å². The van der Waals surface area contributed by atoms with Crippen molar-refractivity contribution in [2.45, 2.75) is 31.9 Å². The van der Waals surface area contributed by atoms with Crippen molar-refractivity contribution in [2.24, 2.45) is 0 Å². The van der Waals surface area contributed by atoms with Crippen molar-refractivity contribution in [2.75, 3.05) is 20.7 Å². The highest BCUT2D eigenvalue weighted by Gasteiger charge is 2.32. The Hall–Kier alpha value is -0.620. The number of methoxy groups -OCH3 is 1. The number of ether oxygens (including phenoxy) is 1. The van der Waals surface area contributed by atoms with Crippen molar-refractivity contribution < 1.29 is 17.9 Å². The fraction of sp³-hybridized carbons (Fsp3) is 0.889. The van der Waals surface area contributed by atoms with Crippen molar-refractivity contribution >= 4 is 16.0 Å². The summed E-state index contributed by atoms with van der Waals surface area (Å²) in [5.74, 6) is -0.411. The Morgan fingerprint density at radius 2 is 1.80 bits per heavy atom. The molecule has 0 aliphatic rings. The second-order valence-electron chi connectivity index (χ2n) is 4.27. The minimum absolute atomic E-state index is 0.0717. The molecular formula is C9H19NO4S. The fourth-order valence-corrected chi connectivity index (χ4v) is 2.21. The summed E-state index contributed by atoms with van der Waals surface area (Å²) in [7, 11) is -0.615. The van der Waals surface area contributed by atoms with Gasteiger partial charge in [-0.25, -0.2) is 12.7 Å². The first kappa shape index (κ1) is 14.4. The standard InChI is InChI=1S/C9H19NO4S/c1-9(2,3)15(12,13)10(4)7-6-8(11)14-5/h6-7H2,1-5H3. The zero-order valence-electron chi connectivity index (χ0n) is 9.90. The molecule has 0 fully saturated rings. The summed E-state index contributed by atoms with van der Waals surface area (Å²) in [6, 6.07) is 0. The van der Waals surface area contributed by atoms with Crippen LogP contribution in [0.4, 0.5) is 0 Å². The number of carbonyl (C=O) groups is 1. The second kappa shape index (κ2) is 4.94. The number of sulfonamides is 1. The van der Waals surface area contributed by atoms with E-state index >= 15 is 0 Å². The van der Waals surface area contributed by atoms with Crippen molar-refractivity contribution in [3.63, 3.8) is 0 Å². The van der Waals surface area contributed by atoms with E-state index in [-0.39, 0.29) is 13.0 Å². The predicted molar refractivity (Wildman–Crippen MR) is 57.9 cm³/mol. The smallest absolute Gasteiger partial charge is 0.306 e. The SMILES string of the molecule is COC(=O)CCN(C)S(=O)(=O)C(C)(C)C. The maximum Gasteiger partial charge on any atom is 0.306 e. The number of nitrogens with zero attached hydrogens (tertiary/aromatic N) is 1. The van der Waals surface area contributed by atoms with Crippen LogP contribution in [0.2, 0.25) is 0 Å². The van der Waals surface area contributed by atoms with Crippen molar-refractivity contribution in [1.82, 2.24) is 4.31 Å². The Labute approximate surface area is 91.5 Å². The Bertz CT molecular complexity index is 315. The van der Waals surface area contributed by atoms with Gasteiger partial charge >= 0.3 is 5.97 Å². The van der Waals surface area contributed by atoms with E-state index in [2.05, 4.69) is 4.74 Å². The molecule has 6 heteroatoms. The molecule has 0 saturated carbocycles. The Morgan fingerprint density at radius 3 is 2.13 bits per heavy atom. The fourth-order valence-electron chi connectivity index (χ4n) is 0.938. The van der Waals surface area contributed by atoms with Crippen LogP contribution in [0.15, 0.2) is 0 Å². The number of hydrogen-bond donors (Lipinski definition) is 0. The van der Waals surface area contributed by atoms with Gasteiger partial charge in [0.2, 0.25) is 10.0 Å². The van der Waals surface area contributed by atoms with Crippen LogP contribution >= 0.6 is 0 Å². The number of rotatable bonds is 4. The van der Waals surface area contributed by atoms with Crippen LogP contribution in [-0.2, 0) is 19.6 Å². The summed E-state index contributed by atoms with van der Waals surface area (Å²) in [5.41, 5.74) is 0. The highest BCUT2D eigenvalue weighted by molar-refractivity contribution is 7.90. The molecule has 0 saturated heterocycles. The minimum atomic E-state index is -3.35. The first-order chi connectivity index (χ1) is 6.63. The van der Waals surface area contributed by atoms with Gasteiger partial charge in [-0.2, -0.15) is 0 Å². The molecule has 0 unspecified atom stereocenters. The lowest BCUT2D eigenvalue weighted by atomic mass is 10.3. The Balaban J connectivity index is 4.47. The van der Waals surface area contributed by atoms with Crippen molar-refractivity contribution in [1.29, 1.82) is 0 Å². The maximum absolute atomic E-state index is 11.8. The Kier molecular flexibility index (Phi) is 4.73. The number of carbonyl (C=O) groups excluding carboxylic acids is 1. The van der Waals surface area contributed by atoms with Crippen molar-refractivity contribution in [3.8, 4) is 0 Å². The molecule has 0 aromatic rings. The van der Waals surface area contributed by atoms with E-state index in [0.29, 0.717) is 0 Å². The second-order valence-corrected chi connectivity index (χ2v) is 7.06. The molecule has 0 atom stereocenters. The highest BCUT2D eigenvalue weighted by atomic mass is 32.2. The Morgan fingerprint density at radius 1 is 1.33 bits per heavy atom. The van der Waals surface area contributed by atoms with E-state index in [4.69, 9.17) is 0 Å². The van der Waals surface area contributed by atoms with Gasteiger partial charge in [0.25, 0.3) is 0 Å². The van der Waals surface area contributed by atoms with E-state index in [9.17, 15) is 13.2 Å². The van der Waals surface area contributed by atoms with Crippen LogP contribution in [0.5, 0.6) is 0 Å². The van der Waals surface area contributed by atoms with Crippen molar-refractivity contribution in [3.05, 3.63) is 0 Å². The molecule has 15 heavy (non-hydrogen) atoms. The molecule has 0 aromatic heterocycles. The lowest BCUT2D eigenvalue weighted by Gasteiger charge is -2.26. The van der Waals surface area contributed by atoms with Gasteiger partial charge in [-0.05, 0) is 20.8 Å². The van der Waals surface area contributed by atoms with Gasteiger partial charge < -0.3 is 4.74 Å². The molecule has 0 bridgehead atoms. The molecule has 90 valence electrons. The van der Waals surface area contributed by atoms with Gasteiger partial charge in [0.15, 0.2) is 0 Å². The van der Waals surface area contributed by atoms with E-state index in [1.807, 2.05) is 0 Å². The third-order valence-corrected chi connectivity index (χ3v) is 4.59. The molecule has 0 aliphatic carbocycles. The lowest BCUT2D eigenvalue weighted by Crippen LogP contribution is -2.41. The molecule has 0 radical (unpaired) electrons. The third kappa shape index (κ3) is 3.79. The molecule has 0 spiro atoms. The van der Waals surface area contributed by atoms with Crippen LogP contribution in [0, 0.1) is 0 Å². The first-order valence-corrected chi connectivity index (χ1v) is 6.09. The first-order valence-electron chi connectivity index (χ1n) is 4.65. The molecule has 0 rings (SSSR count). The summed E-state index contributed by atoms with van der Waals surface area (Å²) in [6.45, 7) is 5.01. The average Bonchev–Trinajstić information content (AvgIpc) is 2.11. The predicted octanol–water partition coefficient (Wildman–Crippen LogP) is 0.610. The molecule has 0 aromatic carbocycles. The summed E-state index contributed by atoms with van der Waals surface area (Å²) in [6.07, 6.45) is 0.0717. The average molecular weight is 237 g/mol. The van der Waals surface area contributed by atoms with Crippen LogP contribution in [-0.4, -0.2) is 44.1 Å². The van der Waals surface area contributed by atoms with Gasteiger partial charge in [0, 0.05) is 13.6 Å².